The summed E-state index contributed by atoms with van der Waals surface area (Å²) in [4.78, 5) is 12.0. The van der Waals surface area contributed by atoms with Crippen molar-refractivity contribution in [2.75, 3.05) is 20.3 Å². The number of nitrogens with one attached hydrogen (secondary N) is 2. The molecule has 158 valence electrons. The van der Waals surface area contributed by atoms with Gasteiger partial charge >= 0.3 is 6.18 Å². The van der Waals surface area contributed by atoms with Crippen LogP contribution in [0.25, 0.3) is 0 Å². The summed E-state index contributed by atoms with van der Waals surface area (Å²) in [5, 5.41) is 5.77. The number of carbonyl (C=O) groups excluding carboxylic acids is 1. The normalized spacial score (nSPS) is 20.2. The lowest BCUT2D eigenvalue weighted by molar-refractivity contribution is -0.194. The van der Waals surface area contributed by atoms with Gasteiger partial charge in [-0.25, -0.2) is 4.39 Å². The van der Waals surface area contributed by atoms with Gasteiger partial charge in [0.15, 0.2) is 11.6 Å². The maximum absolute atomic E-state index is 14.3. The monoisotopic (exact) mass is 426 g/mol. The fraction of sp³-hybridized carbons (Fsp3) is 0.611. The summed E-state index contributed by atoms with van der Waals surface area (Å²) in [6, 6.07) is 2.07. The molecule has 1 heterocycles. The van der Waals surface area contributed by atoms with Crippen LogP contribution in [0.15, 0.2) is 12.1 Å². The molecule has 2 fully saturated rings. The Morgan fingerprint density at radius 2 is 2.04 bits per heavy atom. The molecule has 10 heteroatoms. The van der Waals surface area contributed by atoms with Gasteiger partial charge in [-0.2, -0.15) is 13.2 Å². The molecule has 1 aliphatic heterocycles. The lowest BCUT2D eigenvalue weighted by atomic mass is 10.1. The van der Waals surface area contributed by atoms with Crippen LogP contribution in [0.4, 0.5) is 17.6 Å². The first-order valence-corrected chi connectivity index (χ1v) is 8.83. The Labute approximate surface area is 166 Å². The van der Waals surface area contributed by atoms with Crippen molar-refractivity contribution in [2.24, 2.45) is 5.41 Å². The fourth-order valence-corrected chi connectivity index (χ4v) is 3.11. The van der Waals surface area contributed by atoms with Crippen LogP contribution in [0.3, 0.4) is 0 Å². The van der Waals surface area contributed by atoms with Gasteiger partial charge in [0.05, 0.1) is 13.2 Å². The second-order valence-electron chi connectivity index (χ2n) is 7.03. The molecule has 28 heavy (non-hydrogen) atoms. The van der Waals surface area contributed by atoms with Crippen molar-refractivity contribution in [2.45, 2.75) is 44.4 Å². The van der Waals surface area contributed by atoms with Crippen molar-refractivity contribution in [3.63, 3.8) is 0 Å². The van der Waals surface area contributed by atoms with E-state index in [0.29, 0.717) is 5.56 Å². The van der Waals surface area contributed by atoms with E-state index >= 15 is 0 Å². The van der Waals surface area contributed by atoms with E-state index in [-0.39, 0.29) is 55.2 Å². The Morgan fingerprint density at radius 3 is 2.57 bits per heavy atom. The number of hydrogen-bond donors (Lipinski definition) is 2. The van der Waals surface area contributed by atoms with E-state index in [2.05, 4.69) is 10.6 Å². The highest BCUT2D eigenvalue weighted by molar-refractivity contribution is 5.85. The molecule has 1 aromatic rings. The molecule has 1 saturated carbocycles. The Hall–Kier alpha value is -1.74. The van der Waals surface area contributed by atoms with Gasteiger partial charge in [0.25, 0.3) is 0 Å². The van der Waals surface area contributed by atoms with Crippen LogP contribution in [0.1, 0.15) is 31.2 Å². The van der Waals surface area contributed by atoms with Gasteiger partial charge in [0.1, 0.15) is 17.8 Å². The zero-order valence-electron chi connectivity index (χ0n) is 15.3. The lowest BCUT2D eigenvalue weighted by Crippen LogP contribution is -2.40. The molecular formula is C18H23ClF4N2O3. The Morgan fingerprint density at radius 1 is 1.32 bits per heavy atom. The van der Waals surface area contributed by atoms with Crippen molar-refractivity contribution in [1.29, 1.82) is 0 Å². The van der Waals surface area contributed by atoms with Gasteiger partial charge in [-0.15, -0.1) is 12.4 Å². The molecular weight excluding hydrogens is 404 g/mol. The SMILES string of the molecule is COc1cc(OCC2(C(F)(F)F)CC2)c(F)cc1CNC(=O)C1CCCN1.Cl. The smallest absolute Gasteiger partial charge is 0.397 e. The topological polar surface area (TPSA) is 59.6 Å². The van der Waals surface area contributed by atoms with E-state index in [0.717, 1.165) is 25.5 Å². The highest BCUT2D eigenvalue weighted by Gasteiger charge is 2.63. The minimum atomic E-state index is -4.37. The summed E-state index contributed by atoms with van der Waals surface area (Å²) in [5.41, 5.74) is -1.50. The molecule has 0 bridgehead atoms. The molecule has 5 nitrogen and oxygen atoms in total. The number of carbonyl (C=O) groups is 1. The number of halogens is 5. The van der Waals surface area contributed by atoms with Crippen molar-refractivity contribution in [3.05, 3.63) is 23.5 Å². The van der Waals surface area contributed by atoms with E-state index < -0.39 is 24.0 Å². The lowest BCUT2D eigenvalue weighted by Gasteiger charge is -2.20. The standard InChI is InChI=1S/C18H22F4N2O3.ClH/c1-26-14-8-15(27-10-17(4-5-17)18(20,21)22)12(19)7-11(14)9-24-16(25)13-3-2-6-23-13;/h7-8,13,23H,2-6,9-10H2,1H3,(H,24,25);1H. The summed E-state index contributed by atoms with van der Waals surface area (Å²) in [6.07, 6.45) is -2.75. The van der Waals surface area contributed by atoms with Crippen LogP contribution in [0, 0.1) is 11.2 Å². The largest absolute Gasteiger partial charge is 0.496 e. The van der Waals surface area contributed by atoms with E-state index in [1.807, 2.05) is 0 Å². The summed E-state index contributed by atoms with van der Waals surface area (Å²) in [6.45, 7) is 0.200. The van der Waals surface area contributed by atoms with Crippen LogP contribution in [-0.4, -0.2) is 38.4 Å². The van der Waals surface area contributed by atoms with Gasteiger partial charge in [-0.3, -0.25) is 4.79 Å². The molecule has 2 N–H and O–H groups in total. The third kappa shape index (κ3) is 4.81. The summed E-state index contributed by atoms with van der Waals surface area (Å²) < 4.78 is 63.5. The average molecular weight is 427 g/mol. The first-order chi connectivity index (χ1) is 12.8. The third-order valence-corrected chi connectivity index (χ3v) is 5.12. The fourth-order valence-electron chi connectivity index (χ4n) is 3.11. The minimum absolute atomic E-state index is 0. The molecule has 1 atom stereocenters. The summed E-state index contributed by atoms with van der Waals surface area (Å²) in [7, 11) is 1.36. The Balaban J connectivity index is 0.00000280. The number of alkyl halides is 3. The summed E-state index contributed by atoms with van der Waals surface area (Å²) >= 11 is 0. The molecule has 3 rings (SSSR count). The Bertz CT molecular complexity index is 705. The zero-order valence-corrected chi connectivity index (χ0v) is 16.1. The van der Waals surface area contributed by atoms with Gasteiger partial charge in [-0.1, -0.05) is 0 Å². The zero-order chi connectivity index (χ0) is 19.7. The molecule has 2 aliphatic rings. The van der Waals surface area contributed by atoms with Crippen LogP contribution >= 0.6 is 12.4 Å². The molecule has 0 aromatic heterocycles. The molecule has 1 saturated heterocycles. The highest BCUT2D eigenvalue weighted by Crippen LogP contribution is 2.57. The van der Waals surface area contributed by atoms with Crippen molar-refractivity contribution < 1.29 is 31.8 Å². The third-order valence-electron chi connectivity index (χ3n) is 5.12. The van der Waals surface area contributed by atoms with E-state index in [4.69, 9.17) is 9.47 Å². The van der Waals surface area contributed by atoms with Gasteiger partial charge < -0.3 is 20.1 Å². The molecule has 1 aliphatic carbocycles. The van der Waals surface area contributed by atoms with Gasteiger partial charge in [0.2, 0.25) is 5.91 Å². The molecule has 0 radical (unpaired) electrons. The predicted molar refractivity (Wildman–Crippen MR) is 96.3 cm³/mol. The van der Waals surface area contributed by atoms with Crippen molar-refractivity contribution >= 4 is 18.3 Å². The van der Waals surface area contributed by atoms with E-state index in [1.54, 1.807) is 0 Å². The van der Waals surface area contributed by atoms with Crippen LogP contribution in [0.5, 0.6) is 11.5 Å². The number of amides is 1. The minimum Gasteiger partial charge on any atom is -0.496 e. The van der Waals surface area contributed by atoms with Crippen LogP contribution in [0.2, 0.25) is 0 Å². The maximum atomic E-state index is 14.3. The Kier molecular flexibility index (Phi) is 7.03. The van der Waals surface area contributed by atoms with Crippen molar-refractivity contribution in [1.82, 2.24) is 10.6 Å². The van der Waals surface area contributed by atoms with Crippen LogP contribution in [-0.2, 0) is 11.3 Å². The number of rotatable bonds is 7. The molecule has 1 aromatic carbocycles. The first-order valence-electron chi connectivity index (χ1n) is 8.83. The number of ether oxygens (including phenoxy) is 2. The van der Waals surface area contributed by atoms with Crippen molar-refractivity contribution in [3.8, 4) is 11.5 Å². The molecule has 1 amide bonds. The summed E-state index contributed by atoms with van der Waals surface area (Å²) in [5.74, 6) is -1.04. The van der Waals surface area contributed by atoms with Gasteiger partial charge in [-0.05, 0) is 38.3 Å². The average Bonchev–Trinajstić information content (AvgIpc) is 3.23. The number of hydrogen-bond acceptors (Lipinski definition) is 4. The van der Waals surface area contributed by atoms with Gasteiger partial charge in [0, 0.05) is 18.2 Å². The van der Waals surface area contributed by atoms with E-state index in [9.17, 15) is 22.4 Å². The quantitative estimate of drug-likeness (QED) is 0.656. The molecule has 1 unspecified atom stereocenters. The second-order valence-corrected chi connectivity index (χ2v) is 7.03. The number of benzene rings is 1. The first kappa shape index (κ1) is 22.5. The second kappa shape index (κ2) is 8.73. The van der Waals surface area contributed by atoms with Crippen LogP contribution < -0.4 is 20.1 Å². The predicted octanol–water partition coefficient (Wildman–Crippen LogP) is 3.35. The molecule has 0 spiro atoms. The highest BCUT2D eigenvalue weighted by atomic mass is 35.5. The maximum Gasteiger partial charge on any atom is 0.397 e. The number of methoxy groups -OCH3 is 1. The van der Waals surface area contributed by atoms with E-state index in [1.165, 1.54) is 13.2 Å².